The lowest BCUT2D eigenvalue weighted by atomic mass is 10.1. The number of anilines is 1. The van der Waals surface area contributed by atoms with E-state index in [-0.39, 0.29) is 0 Å². The highest BCUT2D eigenvalue weighted by Gasteiger charge is 2.04. The molecular weight excluding hydrogens is 162 g/mol. The van der Waals surface area contributed by atoms with E-state index in [0.717, 1.165) is 16.5 Å². The molecule has 0 aliphatic heterocycles. The molecule has 2 N–H and O–H groups in total. The number of hydrogen-bond acceptors (Lipinski definition) is 3. The van der Waals surface area contributed by atoms with E-state index in [4.69, 9.17) is 5.73 Å². The van der Waals surface area contributed by atoms with Crippen LogP contribution in [0, 0.1) is 13.8 Å². The van der Waals surface area contributed by atoms with Gasteiger partial charge in [0.1, 0.15) is 12.1 Å². The summed E-state index contributed by atoms with van der Waals surface area (Å²) in [6, 6.07) is 4.01. The van der Waals surface area contributed by atoms with Crippen molar-refractivity contribution in [2.75, 3.05) is 5.73 Å². The molecule has 0 fully saturated rings. The molecule has 0 atom stereocenters. The van der Waals surface area contributed by atoms with Gasteiger partial charge in [0.05, 0.1) is 5.52 Å². The second-order valence-electron chi connectivity index (χ2n) is 3.16. The van der Waals surface area contributed by atoms with Crippen LogP contribution in [-0.2, 0) is 0 Å². The molecule has 0 saturated heterocycles. The zero-order chi connectivity index (χ0) is 9.42. The van der Waals surface area contributed by atoms with E-state index >= 15 is 0 Å². The third-order valence-electron chi connectivity index (χ3n) is 2.36. The van der Waals surface area contributed by atoms with Crippen molar-refractivity contribution in [1.29, 1.82) is 0 Å². The Morgan fingerprint density at radius 3 is 2.69 bits per heavy atom. The first-order valence-electron chi connectivity index (χ1n) is 4.16. The molecule has 2 aromatic rings. The molecule has 3 nitrogen and oxygen atoms in total. The van der Waals surface area contributed by atoms with Gasteiger partial charge in [-0.25, -0.2) is 9.97 Å². The maximum atomic E-state index is 5.77. The van der Waals surface area contributed by atoms with Crippen LogP contribution < -0.4 is 5.73 Å². The summed E-state index contributed by atoms with van der Waals surface area (Å²) in [7, 11) is 0. The number of aryl methyl sites for hydroxylation is 2. The summed E-state index contributed by atoms with van der Waals surface area (Å²) in [6.45, 7) is 4.10. The SMILES string of the molecule is Cc1ccc2ncnc(N)c2c1C. The van der Waals surface area contributed by atoms with Gasteiger partial charge in [-0.3, -0.25) is 0 Å². The van der Waals surface area contributed by atoms with Crippen LogP contribution in [0.1, 0.15) is 11.1 Å². The van der Waals surface area contributed by atoms with Gasteiger partial charge in [0, 0.05) is 5.39 Å². The van der Waals surface area contributed by atoms with E-state index in [9.17, 15) is 0 Å². The van der Waals surface area contributed by atoms with Crippen LogP contribution in [0.5, 0.6) is 0 Å². The van der Waals surface area contributed by atoms with Crippen molar-refractivity contribution in [3.8, 4) is 0 Å². The number of benzene rings is 1. The predicted octanol–water partition coefficient (Wildman–Crippen LogP) is 1.83. The highest BCUT2D eigenvalue weighted by molar-refractivity contribution is 5.91. The van der Waals surface area contributed by atoms with Crippen molar-refractivity contribution in [3.05, 3.63) is 29.6 Å². The lowest BCUT2D eigenvalue weighted by Crippen LogP contribution is -1.96. The summed E-state index contributed by atoms with van der Waals surface area (Å²) in [6.07, 6.45) is 1.49. The van der Waals surface area contributed by atoms with Gasteiger partial charge in [0.15, 0.2) is 0 Å². The lowest BCUT2D eigenvalue weighted by molar-refractivity contribution is 1.22. The molecule has 0 unspecified atom stereocenters. The highest BCUT2D eigenvalue weighted by Crippen LogP contribution is 2.22. The van der Waals surface area contributed by atoms with E-state index in [2.05, 4.69) is 16.9 Å². The Bertz CT molecular complexity index is 463. The van der Waals surface area contributed by atoms with E-state index in [1.165, 1.54) is 11.9 Å². The number of fused-ring (bicyclic) bond motifs is 1. The van der Waals surface area contributed by atoms with Crippen molar-refractivity contribution >= 4 is 16.7 Å². The first-order valence-corrected chi connectivity index (χ1v) is 4.16. The van der Waals surface area contributed by atoms with Crippen molar-refractivity contribution in [2.24, 2.45) is 0 Å². The van der Waals surface area contributed by atoms with Crippen molar-refractivity contribution in [1.82, 2.24) is 9.97 Å². The zero-order valence-corrected chi connectivity index (χ0v) is 7.70. The topological polar surface area (TPSA) is 51.8 Å². The Kier molecular flexibility index (Phi) is 1.65. The third kappa shape index (κ3) is 1.13. The summed E-state index contributed by atoms with van der Waals surface area (Å²) >= 11 is 0. The van der Waals surface area contributed by atoms with Gasteiger partial charge in [-0.1, -0.05) is 6.07 Å². The van der Waals surface area contributed by atoms with Gasteiger partial charge in [-0.05, 0) is 31.0 Å². The average molecular weight is 173 g/mol. The van der Waals surface area contributed by atoms with Gasteiger partial charge in [0.25, 0.3) is 0 Å². The van der Waals surface area contributed by atoms with Gasteiger partial charge in [0.2, 0.25) is 0 Å². The molecule has 0 saturated carbocycles. The van der Waals surface area contributed by atoms with Crippen molar-refractivity contribution in [2.45, 2.75) is 13.8 Å². The fourth-order valence-electron chi connectivity index (χ4n) is 1.45. The second kappa shape index (κ2) is 2.69. The summed E-state index contributed by atoms with van der Waals surface area (Å²) in [5.41, 5.74) is 9.07. The molecule has 13 heavy (non-hydrogen) atoms. The summed E-state index contributed by atoms with van der Waals surface area (Å²) < 4.78 is 0. The smallest absolute Gasteiger partial charge is 0.134 e. The zero-order valence-electron chi connectivity index (χ0n) is 7.70. The average Bonchev–Trinajstić information content (AvgIpc) is 2.12. The molecule has 0 bridgehead atoms. The van der Waals surface area contributed by atoms with Crippen LogP contribution >= 0.6 is 0 Å². The van der Waals surface area contributed by atoms with Crippen LogP contribution in [0.4, 0.5) is 5.82 Å². The first kappa shape index (κ1) is 7.98. The normalized spacial score (nSPS) is 10.6. The fourth-order valence-corrected chi connectivity index (χ4v) is 1.45. The van der Waals surface area contributed by atoms with E-state index < -0.39 is 0 Å². The highest BCUT2D eigenvalue weighted by atomic mass is 14.9. The summed E-state index contributed by atoms with van der Waals surface area (Å²) in [4.78, 5) is 8.13. The predicted molar refractivity (Wildman–Crippen MR) is 53.4 cm³/mol. The van der Waals surface area contributed by atoms with E-state index in [1.54, 1.807) is 0 Å². The molecular formula is C10H11N3. The molecule has 1 aromatic heterocycles. The summed E-state index contributed by atoms with van der Waals surface area (Å²) in [5.74, 6) is 0.561. The van der Waals surface area contributed by atoms with Crippen molar-refractivity contribution in [3.63, 3.8) is 0 Å². The van der Waals surface area contributed by atoms with Crippen LogP contribution in [0.25, 0.3) is 10.9 Å². The van der Waals surface area contributed by atoms with Gasteiger partial charge < -0.3 is 5.73 Å². The Labute approximate surface area is 76.6 Å². The number of aromatic nitrogens is 2. The minimum Gasteiger partial charge on any atom is -0.383 e. The maximum Gasteiger partial charge on any atom is 0.134 e. The van der Waals surface area contributed by atoms with Crippen LogP contribution in [0.2, 0.25) is 0 Å². The van der Waals surface area contributed by atoms with Crippen molar-refractivity contribution < 1.29 is 0 Å². The van der Waals surface area contributed by atoms with Gasteiger partial charge in [-0.15, -0.1) is 0 Å². The molecule has 0 aliphatic rings. The van der Waals surface area contributed by atoms with E-state index in [1.807, 2.05) is 19.1 Å². The quantitative estimate of drug-likeness (QED) is 0.661. The Morgan fingerprint density at radius 2 is 1.92 bits per heavy atom. The Balaban J connectivity index is 2.97. The molecule has 1 aromatic carbocycles. The maximum absolute atomic E-state index is 5.77. The second-order valence-corrected chi connectivity index (χ2v) is 3.16. The molecule has 0 aliphatic carbocycles. The number of hydrogen-bond donors (Lipinski definition) is 1. The largest absolute Gasteiger partial charge is 0.383 e. The van der Waals surface area contributed by atoms with Gasteiger partial charge >= 0.3 is 0 Å². The standard InChI is InChI=1S/C10H11N3/c1-6-3-4-8-9(7(6)2)10(11)13-5-12-8/h3-5H,1-2H3,(H2,11,12,13). The number of nitrogens with two attached hydrogens (primary N) is 1. The van der Waals surface area contributed by atoms with Crippen LogP contribution in [0.15, 0.2) is 18.5 Å². The van der Waals surface area contributed by atoms with E-state index in [0.29, 0.717) is 5.82 Å². The Morgan fingerprint density at radius 1 is 1.15 bits per heavy atom. The van der Waals surface area contributed by atoms with Gasteiger partial charge in [-0.2, -0.15) is 0 Å². The Hall–Kier alpha value is -1.64. The van der Waals surface area contributed by atoms with Crippen LogP contribution in [0.3, 0.4) is 0 Å². The minimum absolute atomic E-state index is 0.561. The molecule has 0 spiro atoms. The number of nitrogen functional groups attached to an aromatic ring is 1. The number of nitrogens with zero attached hydrogens (tertiary/aromatic N) is 2. The molecule has 0 radical (unpaired) electrons. The molecule has 2 rings (SSSR count). The lowest BCUT2D eigenvalue weighted by Gasteiger charge is -2.05. The molecule has 1 heterocycles. The summed E-state index contributed by atoms with van der Waals surface area (Å²) in [5, 5.41) is 0.975. The van der Waals surface area contributed by atoms with Crippen LogP contribution in [-0.4, -0.2) is 9.97 Å². The molecule has 66 valence electrons. The molecule has 3 heteroatoms. The number of rotatable bonds is 0. The third-order valence-corrected chi connectivity index (χ3v) is 2.36. The fraction of sp³-hybridized carbons (Fsp3) is 0.200. The molecule has 0 amide bonds. The minimum atomic E-state index is 0.561. The monoisotopic (exact) mass is 173 g/mol. The first-order chi connectivity index (χ1) is 6.20.